The van der Waals surface area contributed by atoms with Crippen molar-refractivity contribution in [1.82, 2.24) is 4.98 Å². The number of nitrogens with zero attached hydrogens (tertiary/aromatic N) is 2. The van der Waals surface area contributed by atoms with Gasteiger partial charge in [0.05, 0.1) is 11.6 Å². The van der Waals surface area contributed by atoms with Crippen molar-refractivity contribution in [3.05, 3.63) is 100 Å². The van der Waals surface area contributed by atoms with E-state index < -0.39 is 29.4 Å². The Morgan fingerprint density at radius 3 is 2.38 bits per heavy atom. The fraction of sp³-hybridized carbons (Fsp3) is 0.222. The second-order valence-electron chi connectivity index (χ2n) is 9.33. The Labute approximate surface area is 196 Å². The van der Waals surface area contributed by atoms with Crippen molar-refractivity contribution in [2.24, 2.45) is 0 Å². The first-order valence-electron chi connectivity index (χ1n) is 10.8. The number of pyridine rings is 1. The number of amides is 1. The highest BCUT2D eigenvalue weighted by molar-refractivity contribution is 6.51. The van der Waals surface area contributed by atoms with Crippen molar-refractivity contribution in [3.63, 3.8) is 0 Å². The molecular formula is C27H24F2N2O3. The molecule has 1 amide bonds. The van der Waals surface area contributed by atoms with Crippen LogP contribution in [0.25, 0.3) is 5.76 Å². The average molecular weight is 462 g/mol. The van der Waals surface area contributed by atoms with Crippen LogP contribution in [0.2, 0.25) is 0 Å². The molecule has 1 atom stereocenters. The maximum absolute atomic E-state index is 14.0. The molecule has 0 spiro atoms. The molecule has 34 heavy (non-hydrogen) atoms. The smallest absolute Gasteiger partial charge is 0.300 e. The first kappa shape index (κ1) is 23.3. The molecule has 4 rings (SSSR count). The van der Waals surface area contributed by atoms with Crippen LogP contribution in [-0.2, 0) is 15.0 Å². The summed E-state index contributed by atoms with van der Waals surface area (Å²) in [5.41, 5.74) is 2.15. The van der Waals surface area contributed by atoms with E-state index in [1.807, 2.05) is 32.9 Å². The summed E-state index contributed by atoms with van der Waals surface area (Å²) < 4.78 is 27.6. The van der Waals surface area contributed by atoms with Crippen molar-refractivity contribution in [3.8, 4) is 0 Å². The number of ketones is 1. The summed E-state index contributed by atoms with van der Waals surface area (Å²) in [5, 5.41) is 11.4. The molecule has 5 nitrogen and oxygen atoms in total. The van der Waals surface area contributed by atoms with Gasteiger partial charge in [0.1, 0.15) is 5.76 Å². The third-order valence-corrected chi connectivity index (χ3v) is 5.98. The monoisotopic (exact) mass is 462 g/mol. The molecule has 0 bridgehead atoms. The molecular weight excluding hydrogens is 438 g/mol. The molecule has 174 valence electrons. The summed E-state index contributed by atoms with van der Waals surface area (Å²) in [5.74, 6) is -4.44. The van der Waals surface area contributed by atoms with Crippen molar-refractivity contribution in [1.29, 1.82) is 0 Å². The molecule has 3 aromatic rings. The van der Waals surface area contributed by atoms with Crippen molar-refractivity contribution < 1.29 is 23.5 Å². The number of carbonyl (C=O) groups is 2. The Bertz CT molecular complexity index is 1330. The van der Waals surface area contributed by atoms with Gasteiger partial charge >= 0.3 is 0 Å². The highest BCUT2D eigenvalue weighted by atomic mass is 19.2. The minimum Gasteiger partial charge on any atom is -0.507 e. The van der Waals surface area contributed by atoms with Crippen LogP contribution in [0.15, 0.2) is 66.5 Å². The summed E-state index contributed by atoms with van der Waals surface area (Å²) in [6.07, 6.45) is 3.00. The minimum absolute atomic E-state index is 0.00549. The van der Waals surface area contributed by atoms with Crippen LogP contribution in [0.4, 0.5) is 14.5 Å². The zero-order valence-corrected chi connectivity index (χ0v) is 19.3. The number of aliphatic hydroxyl groups excluding tert-OH is 1. The largest absolute Gasteiger partial charge is 0.507 e. The third kappa shape index (κ3) is 3.98. The maximum Gasteiger partial charge on any atom is 0.300 e. The number of carbonyl (C=O) groups excluding carboxylic acids is 2. The quantitative estimate of drug-likeness (QED) is 0.313. The molecule has 0 aliphatic carbocycles. The number of rotatable bonds is 3. The van der Waals surface area contributed by atoms with Crippen LogP contribution < -0.4 is 4.90 Å². The van der Waals surface area contributed by atoms with Gasteiger partial charge in [-0.2, -0.15) is 0 Å². The van der Waals surface area contributed by atoms with Crippen LogP contribution in [0.5, 0.6) is 0 Å². The van der Waals surface area contributed by atoms with E-state index >= 15 is 0 Å². The van der Waals surface area contributed by atoms with Crippen LogP contribution in [-0.4, -0.2) is 21.8 Å². The van der Waals surface area contributed by atoms with E-state index in [2.05, 4.69) is 4.98 Å². The molecule has 7 heteroatoms. The van der Waals surface area contributed by atoms with Gasteiger partial charge in [0.2, 0.25) is 0 Å². The lowest BCUT2D eigenvalue weighted by Gasteiger charge is -2.25. The fourth-order valence-electron chi connectivity index (χ4n) is 4.08. The van der Waals surface area contributed by atoms with E-state index in [1.54, 1.807) is 25.1 Å². The molecule has 1 unspecified atom stereocenters. The summed E-state index contributed by atoms with van der Waals surface area (Å²) in [4.78, 5) is 31.5. The number of halogens is 2. The topological polar surface area (TPSA) is 70.5 Å². The van der Waals surface area contributed by atoms with Crippen LogP contribution >= 0.6 is 0 Å². The van der Waals surface area contributed by atoms with Gasteiger partial charge in [-0.3, -0.25) is 19.5 Å². The summed E-state index contributed by atoms with van der Waals surface area (Å²) in [6.45, 7) is 7.88. The molecule has 1 saturated heterocycles. The van der Waals surface area contributed by atoms with Crippen LogP contribution in [0.3, 0.4) is 0 Å². The Kier molecular flexibility index (Phi) is 5.81. The SMILES string of the molecule is Cc1ccc(C(C)(C)C)cc1/C(O)=C1\C(=O)C(=O)N(c2ccc(F)c(F)c2)C1c1cccnc1. The van der Waals surface area contributed by atoms with Gasteiger partial charge in [-0.15, -0.1) is 0 Å². The summed E-state index contributed by atoms with van der Waals surface area (Å²) in [6, 6.07) is 10.8. The lowest BCUT2D eigenvalue weighted by molar-refractivity contribution is -0.132. The van der Waals surface area contributed by atoms with E-state index in [0.29, 0.717) is 11.1 Å². The average Bonchev–Trinajstić information content (AvgIpc) is 3.06. The van der Waals surface area contributed by atoms with Crippen molar-refractivity contribution in [2.45, 2.75) is 39.2 Å². The number of Topliss-reactive ketones (excluding diaryl/α,β-unsaturated/α-hetero) is 1. The summed E-state index contributed by atoms with van der Waals surface area (Å²) >= 11 is 0. The molecule has 1 aromatic heterocycles. The number of aryl methyl sites for hydroxylation is 1. The molecule has 2 heterocycles. The van der Waals surface area contributed by atoms with Gasteiger partial charge in [0.15, 0.2) is 11.6 Å². The molecule has 0 radical (unpaired) electrons. The minimum atomic E-state index is -1.15. The predicted molar refractivity (Wildman–Crippen MR) is 125 cm³/mol. The maximum atomic E-state index is 14.0. The standard InChI is InChI=1S/C27H24F2N2O3/c1-15-7-8-17(27(2,3)4)12-19(15)24(32)22-23(16-6-5-11-30-14-16)31(26(34)25(22)33)18-9-10-20(28)21(29)13-18/h5-14,23,32H,1-4H3/b24-22+. The zero-order chi connectivity index (χ0) is 24.8. The second kappa shape index (κ2) is 8.48. The molecule has 1 aliphatic rings. The Morgan fingerprint density at radius 2 is 1.76 bits per heavy atom. The van der Waals surface area contributed by atoms with E-state index in [1.165, 1.54) is 18.5 Å². The second-order valence-corrected chi connectivity index (χ2v) is 9.33. The number of hydrogen-bond acceptors (Lipinski definition) is 4. The van der Waals surface area contributed by atoms with Gasteiger partial charge in [-0.05, 0) is 53.3 Å². The number of anilines is 1. The number of aliphatic hydroxyl groups is 1. The Morgan fingerprint density at radius 1 is 1.03 bits per heavy atom. The first-order valence-corrected chi connectivity index (χ1v) is 10.8. The number of hydrogen-bond donors (Lipinski definition) is 1. The van der Waals surface area contributed by atoms with Gasteiger partial charge < -0.3 is 5.11 Å². The van der Waals surface area contributed by atoms with E-state index in [4.69, 9.17) is 0 Å². The Hall–Kier alpha value is -3.87. The Balaban J connectivity index is 1.98. The zero-order valence-electron chi connectivity index (χ0n) is 19.3. The lowest BCUT2D eigenvalue weighted by Crippen LogP contribution is -2.29. The van der Waals surface area contributed by atoms with Crippen LogP contribution in [0, 0.1) is 18.6 Å². The van der Waals surface area contributed by atoms with Crippen LogP contribution in [0.1, 0.15) is 49.1 Å². The highest BCUT2D eigenvalue weighted by Gasteiger charge is 2.47. The highest BCUT2D eigenvalue weighted by Crippen LogP contribution is 2.43. The molecule has 2 aromatic carbocycles. The first-order chi connectivity index (χ1) is 16.0. The third-order valence-electron chi connectivity index (χ3n) is 5.98. The summed E-state index contributed by atoms with van der Waals surface area (Å²) in [7, 11) is 0. The number of benzene rings is 2. The normalized spacial score (nSPS) is 17.9. The molecule has 1 fully saturated rings. The van der Waals surface area contributed by atoms with Crippen molar-refractivity contribution >= 4 is 23.1 Å². The fourth-order valence-corrected chi connectivity index (χ4v) is 4.08. The molecule has 1 N–H and O–H groups in total. The lowest BCUT2D eigenvalue weighted by atomic mass is 9.84. The molecule has 0 saturated carbocycles. The van der Waals surface area contributed by atoms with E-state index in [0.717, 1.165) is 28.2 Å². The van der Waals surface area contributed by atoms with Crippen molar-refractivity contribution in [2.75, 3.05) is 4.90 Å². The van der Waals surface area contributed by atoms with Gasteiger partial charge in [0, 0.05) is 29.7 Å². The van der Waals surface area contributed by atoms with E-state index in [-0.39, 0.29) is 22.4 Å². The van der Waals surface area contributed by atoms with Gasteiger partial charge in [0.25, 0.3) is 11.7 Å². The predicted octanol–water partition coefficient (Wildman–Crippen LogP) is 5.59. The number of aromatic nitrogens is 1. The van der Waals surface area contributed by atoms with Gasteiger partial charge in [-0.1, -0.05) is 39.0 Å². The van der Waals surface area contributed by atoms with Gasteiger partial charge in [-0.25, -0.2) is 8.78 Å². The van der Waals surface area contributed by atoms with E-state index in [9.17, 15) is 23.5 Å². The molecule has 1 aliphatic heterocycles.